The largest absolute Gasteiger partial charge is 0.497 e. The van der Waals surface area contributed by atoms with E-state index in [4.69, 9.17) is 18.6 Å². The molecule has 1 N–H and O–H groups in total. The summed E-state index contributed by atoms with van der Waals surface area (Å²) < 4.78 is 22.2. The Labute approximate surface area is 186 Å². The van der Waals surface area contributed by atoms with Crippen LogP contribution in [0.1, 0.15) is 37.0 Å². The molecule has 2 heterocycles. The van der Waals surface area contributed by atoms with E-state index < -0.39 is 5.63 Å². The molecule has 0 atom stereocenters. The Morgan fingerprint density at radius 2 is 1.94 bits per heavy atom. The van der Waals surface area contributed by atoms with Gasteiger partial charge in [-0.3, -0.25) is 4.79 Å². The summed E-state index contributed by atoms with van der Waals surface area (Å²) in [4.78, 5) is 25.5. The number of rotatable bonds is 5. The van der Waals surface area contributed by atoms with Crippen LogP contribution in [-0.2, 0) is 17.6 Å². The van der Waals surface area contributed by atoms with E-state index in [9.17, 15) is 9.59 Å². The third-order valence-corrected chi connectivity index (χ3v) is 5.87. The monoisotopic (exact) mass is 437 g/mol. The summed E-state index contributed by atoms with van der Waals surface area (Å²) in [7, 11) is 3.06. The van der Waals surface area contributed by atoms with E-state index in [-0.39, 0.29) is 17.9 Å². The summed E-state index contributed by atoms with van der Waals surface area (Å²) in [6.07, 6.45) is 1.66. The second-order valence-corrected chi connectivity index (χ2v) is 8.60. The molecule has 0 bridgehead atoms. The number of fused-ring (bicyclic) bond motifs is 2. The lowest BCUT2D eigenvalue weighted by Crippen LogP contribution is -2.32. The summed E-state index contributed by atoms with van der Waals surface area (Å²) in [6.45, 7) is 5.93. The van der Waals surface area contributed by atoms with Crippen LogP contribution < -0.4 is 25.2 Å². The number of nitrogens with one attached hydrogen (secondary N) is 1. The lowest BCUT2D eigenvalue weighted by atomic mass is 9.92. The summed E-state index contributed by atoms with van der Waals surface area (Å²) in [5.74, 6) is 1.47. The van der Waals surface area contributed by atoms with Crippen molar-refractivity contribution in [3.63, 3.8) is 0 Å². The first-order chi connectivity index (χ1) is 15.2. The van der Waals surface area contributed by atoms with Gasteiger partial charge in [-0.25, -0.2) is 4.79 Å². The second kappa shape index (κ2) is 8.22. The fourth-order valence-electron chi connectivity index (χ4n) is 4.01. The van der Waals surface area contributed by atoms with E-state index in [1.807, 2.05) is 26.8 Å². The Balaban J connectivity index is 1.65. The molecule has 0 spiro atoms. The topological polar surface area (TPSA) is 87.0 Å². The molecule has 32 heavy (non-hydrogen) atoms. The molecule has 1 amide bonds. The van der Waals surface area contributed by atoms with E-state index in [1.54, 1.807) is 31.4 Å². The lowest BCUT2D eigenvalue weighted by molar-refractivity contribution is -0.115. The van der Waals surface area contributed by atoms with Crippen molar-refractivity contribution >= 4 is 22.6 Å². The molecule has 7 heteroatoms. The van der Waals surface area contributed by atoms with Crippen molar-refractivity contribution in [1.82, 2.24) is 0 Å². The number of hydrogen-bond donors (Lipinski definition) is 1. The number of methoxy groups -OCH3 is 2. The van der Waals surface area contributed by atoms with Gasteiger partial charge < -0.3 is 23.9 Å². The first kappa shape index (κ1) is 21.7. The van der Waals surface area contributed by atoms with Gasteiger partial charge in [0, 0.05) is 17.5 Å². The van der Waals surface area contributed by atoms with Gasteiger partial charge in [-0.1, -0.05) is 0 Å². The molecule has 1 aromatic heterocycles. The van der Waals surface area contributed by atoms with Crippen LogP contribution in [0, 0.1) is 6.92 Å². The maximum absolute atomic E-state index is 12.8. The standard InChI is InChI=1S/C25H27NO6/c1-14-17-10-15-8-9-25(2,3)32-21(15)13-22(17)31-24(28)18(14)12-23(27)26-19-11-16(29-4)6-7-20(19)30-5/h6-7,10-11,13H,8-9,12H2,1-5H3,(H,26,27). The number of carbonyl (C=O) groups excluding carboxylic acids is 1. The number of amides is 1. The van der Waals surface area contributed by atoms with Crippen molar-refractivity contribution in [2.75, 3.05) is 19.5 Å². The Kier molecular flexibility index (Phi) is 5.59. The normalized spacial score (nSPS) is 14.4. The van der Waals surface area contributed by atoms with E-state index in [0.29, 0.717) is 28.3 Å². The Morgan fingerprint density at radius 1 is 1.16 bits per heavy atom. The molecule has 0 unspecified atom stereocenters. The average molecular weight is 437 g/mol. The summed E-state index contributed by atoms with van der Waals surface area (Å²) >= 11 is 0. The number of carbonyl (C=O) groups is 1. The van der Waals surface area contributed by atoms with Crippen LogP contribution in [0.25, 0.3) is 11.0 Å². The highest BCUT2D eigenvalue weighted by Crippen LogP contribution is 2.37. The minimum atomic E-state index is -0.530. The lowest BCUT2D eigenvalue weighted by Gasteiger charge is -2.32. The van der Waals surface area contributed by atoms with Crippen LogP contribution in [0.15, 0.2) is 39.5 Å². The van der Waals surface area contributed by atoms with Crippen molar-refractivity contribution in [2.45, 2.75) is 45.6 Å². The Bertz CT molecular complexity index is 1260. The first-order valence-corrected chi connectivity index (χ1v) is 10.5. The molecule has 0 saturated carbocycles. The molecular weight excluding hydrogens is 410 g/mol. The van der Waals surface area contributed by atoms with E-state index in [0.717, 1.165) is 35.1 Å². The number of hydrogen-bond acceptors (Lipinski definition) is 6. The highest BCUT2D eigenvalue weighted by molar-refractivity contribution is 5.95. The minimum absolute atomic E-state index is 0.120. The van der Waals surface area contributed by atoms with Gasteiger partial charge in [-0.15, -0.1) is 0 Å². The third-order valence-electron chi connectivity index (χ3n) is 5.87. The van der Waals surface area contributed by atoms with Gasteiger partial charge in [0.2, 0.25) is 5.91 Å². The average Bonchev–Trinajstić information content (AvgIpc) is 2.75. The third kappa shape index (κ3) is 4.15. The summed E-state index contributed by atoms with van der Waals surface area (Å²) in [6, 6.07) is 8.90. The predicted octanol–water partition coefficient (Wildman–Crippen LogP) is 4.40. The van der Waals surface area contributed by atoms with Crippen molar-refractivity contribution in [2.24, 2.45) is 0 Å². The van der Waals surface area contributed by atoms with Crippen molar-refractivity contribution in [1.29, 1.82) is 0 Å². The fourth-order valence-corrected chi connectivity index (χ4v) is 4.01. The van der Waals surface area contributed by atoms with Gasteiger partial charge in [-0.05, 0) is 62.9 Å². The van der Waals surface area contributed by atoms with E-state index in [1.165, 1.54) is 7.11 Å². The van der Waals surface area contributed by atoms with Crippen LogP contribution in [0.4, 0.5) is 5.69 Å². The van der Waals surface area contributed by atoms with Gasteiger partial charge in [0.25, 0.3) is 0 Å². The summed E-state index contributed by atoms with van der Waals surface area (Å²) in [5.41, 5.74) is 2.28. The molecule has 4 rings (SSSR count). The Morgan fingerprint density at radius 3 is 2.66 bits per heavy atom. The number of anilines is 1. The van der Waals surface area contributed by atoms with Gasteiger partial charge >= 0.3 is 5.63 Å². The zero-order valence-corrected chi connectivity index (χ0v) is 19.0. The molecule has 3 aromatic rings. The molecule has 0 fully saturated rings. The molecule has 168 valence electrons. The Hall–Kier alpha value is -3.48. The number of ether oxygens (including phenoxy) is 3. The van der Waals surface area contributed by atoms with E-state index in [2.05, 4.69) is 5.32 Å². The van der Waals surface area contributed by atoms with Gasteiger partial charge in [0.15, 0.2) is 0 Å². The van der Waals surface area contributed by atoms with Gasteiger partial charge in [0.05, 0.1) is 31.9 Å². The second-order valence-electron chi connectivity index (χ2n) is 8.60. The number of benzene rings is 2. The minimum Gasteiger partial charge on any atom is -0.497 e. The number of aryl methyl sites for hydroxylation is 2. The molecule has 0 aliphatic carbocycles. The van der Waals surface area contributed by atoms with E-state index >= 15 is 0 Å². The zero-order valence-electron chi connectivity index (χ0n) is 19.0. The van der Waals surface area contributed by atoms with Crippen LogP contribution in [0.2, 0.25) is 0 Å². The SMILES string of the molecule is COc1ccc(OC)c(NC(=O)Cc2c(C)c3cc4c(cc3oc2=O)OC(C)(C)CC4)c1. The quantitative estimate of drug-likeness (QED) is 0.595. The molecule has 1 aliphatic rings. The highest BCUT2D eigenvalue weighted by atomic mass is 16.5. The van der Waals surface area contributed by atoms with Crippen molar-refractivity contribution in [3.8, 4) is 17.2 Å². The molecular formula is C25H27NO6. The van der Waals surface area contributed by atoms with Crippen LogP contribution >= 0.6 is 0 Å². The predicted molar refractivity (Wildman–Crippen MR) is 122 cm³/mol. The fraction of sp³-hybridized carbons (Fsp3) is 0.360. The molecule has 7 nitrogen and oxygen atoms in total. The zero-order chi connectivity index (χ0) is 23.0. The van der Waals surface area contributed by atoms with Crippen molar-refractivity contribution in [3.05, 3.63) is 57.4 Å². The molecule has 0 saturated heterocycles. The van der Waals surface area contributed by atoms with Crippen LogP contribution in [0.3, 0.4) is 0 Å². The van der Waals surface area contributed by atoms with Crippen LogP contribution in [-0.4, -0.2) is 25.7 Å². The van der Waals surface area contributed by atoms with Crippen molar-refractivity contribution < 1.29 is 23.4 Å². The molecule has 0 radical (unpaired) electrons. The molecule has 1 aliphatic heterocycles. The smallest absolute Gasteiger partial charge is 0.340 e. The maximum atomic E-state index is 12.8. The highest BCUT2D eigenvalue weighted by Gasteiger charge is 2.28. The van der Waals surface area contributed by atoms with Gasteiger partial charge in [-0.2, -0.15) is 0 Å². The molecule has 2 aromatic carbocycles. The first-order valence-electron chi connectivity index (χ1n) is 10.5. The van der Waals surface area contributed by atoms with Gasteiger partial charge in [0.1, 0.15) is 28.4 Å². The summed E-state index contributed by atoms with van der Waals surface area (Å²) in [5, 5.41) is 3.61. The van der Waals surface area contributed by atoms with Crippen LogP contribution in [0.5, 0.6) is 17.2 Å². The maximum Gasteiger partial charge on any atom is 0.340 e.